The van der Waals surface area contributed by atoms with Crippen LogP contribution < -0.4 is 5.32 Å². The Balaban J connectivity index is 1.36. The fraction of sp³-hybridized carbons (Fsp3) is 0.319. The summed E-state index contributed by atoms with van der Waals surface area (Å²) in [5.41, 5.74) is 4.70. The summed E-state index contributed by atoms with van der Waals surface area (Å²) in [7, 11) is 0. The first kappa shape index (κ1) is 41.3. The maximum absolute atomic E-state index is 14.0. The maximum Gasteiger partial charge on any atom is 0.408 e. The molecule has 2 unspecified atom stereocenters. The summed E-state index contributed by atoms with van der Waals surface area (Å²) in [5, 5.41) is 14.1. The highest BCUT2D eigenvalue weighted by Gasteiger charge is 2.53. The minimum atomic E-state index is -1.33. The summed E-state index contributed by atoms with van der Waals surface area (Å²) in [5.74, 6) is -0.459. The lowest BCUT2D eigenvalue weighted by Gasteiger charge is -2.50. The van der Waals surface area contributed by atoms with Gasteiger partial charge in [0, 0.05) is 6.04 Å². The van der Waals surface area contributed by atoms with E-state index in [-0.39, 0.29) is 32.5 Å². The van der Waals surface area contributed by atoms with Gasteiger partial charge < -0.3 is 34.1 Å². The molecular formula is C47H52N2O8. The third-order valence-corrected chi connectivity index (χ3v) is 9.95. The predicted molar refractivity (Wildman–Crippen MR) is 217 cm³/mol. The van der Waals surface area contributed by atoms with Gasteiger partial charge in [-0.25, -0.2) is 4.79 Å². The molecule has 1 aliphatic heterocycles. The normalized spacial score (nSPS) is 20.3. The van der Waals surface area contributed by atoms with Crippen molar-refractivity contribution >= 4 is 12.0 Å². The summed E-state index contributed by atoms with van der Waals surface area (Å²) in [6.07, 6.45) is -4.50. The molecule has 0 aliphatic carbocycles. The standard InChI is InChI=1S/C47H52N2O8/c1-34(28-36-18-8-3-9-19-36)48-45(50)35(2)49(47(51)52)42-44(55-31-39-24-14-6-15-25-39)43(54-30-38-22-12-5-13-23-38)41(33-53-29-37-20-10-4-11-21-37)57-46(42)56-32-40-26-16-7-17-27-40/h3-27,34-35,41-44,46H,28-33H2,1-2H3,(H,48,50)(H,51,52)/t34-,35?,41+,42+,43+,44+,46?/m0/s1. The third-order valence-electron chi connectivity index (χ3n) is 9.95. The fourth-order valence-electron chi connectivity index (χ4n) is 7.06. The number of hydrogen-bond acceptors (Lipinski definition) is 7. The largest absolute Gasteiger partial charge is 0.465 e. The molecule has 57 heavy (non-hydrogen) atoms. The summed E-state index contributed by atoms with van der Waals surface area (Å²) in [6.45, 7) is 4.34. The monoisotopic (exact) mass is 772 g/mol. The molecule has 6 rings (SSSR count). The first-order chi connectivity index (χ1) is 27.9. The molecule has 2 N–H and O–H groups in total. The van der Waals surface area contributed by atoms with E-state index in [4.69, 9.17) is 23.7 Å². The third kappa shape index (κ3) is 12.1. The number of hydrogen-bond donors (Lipinski definition) is 2. The first-order valence-corrected chi connectivity index (χ1v) is 19.4. The number of nitrogens with zero attached hydrogens (tertiary/aromatic N) is 1. The topological polar surface area (TPSA) is 116 Å². The average Bonchev–Trinajstić information content (AvgIpc) is 3.24. The van der Waals surface area contributed by atoms with Gasteiger partial charge in [-0.1, -0.05) is 152 Å². The Labute approximate surface area is 335 Å². The Morgan fingerprint density at radius 3 is 1.51 bits per heavy atom. The molecule has 10 nitrogen and oxygen atoms in total. The van der Waals surface area contributed by atoms with Crippen LogP contribution in [-0.2, 0) is 61.3 Å². The molecule has 10 heteroatoms. The van der Waals surface area contributed by atoms with Crippen LogP contribution in [0.5, 0.6) is 0 Å². The predicted octanol–water partition coefficient (Wildman–Crippen LogP) is 7.80. The Morgan fingerprint density at radius 1 is 0.614 bits per heavy atom. The van der Waals surface area contributed by atoms with Gasteiger partial charge in [0.1, 0.15) is 30.4 Å². The van der Waals surface area contributed by atoms with Gasteiger partial charge in [-0.3, -0.25) is 9.69 Å². The second-order valence-corrected chi connectivity index (χ2v) is 14.3. The lowest BCUT2D eigenvalue weighted by molar-refractivity contribution is -0.307. The van der Waals surface area contributed by atoms with E-state index in [1.807, 2.05) is 159 Å². The Bertz CT molecular complexity index is 1920. The molecule has 0 bridgehead atoms. The molecule has 7 atom stereocenters. The highest BCUT2D eigenvalue weighted by Crippen LogP contribution is 2.34. The number of amides is 2. The second kappa shape index (κ2) is 21.2. The molecule has 1 saturated heterocycles. The van der Waals surface area contributed by atoms with Crippen LogP contribution in [0.4, 0.5) is 4.79 Å². The van der Waals surface area contributed by atoms with Crippen molar-refractivity contribution in [2.24, 2.45) is 0 Å². The van der Waals surface area contributed by atoms with Gasteiger partial charge in [0.25, 0.3) is 0 Å². The van der Waals surface area contributed by atoms with Crippen molar-refractivity contribution in [1.82, 2.24) is 10.2 Å². The van der Waals surface area contributed by atoms with Gasteiger partial charge in [-0.2, -0.15) is 0 Å². The zero-order valence-electron chi connectivity index (χ0n) is 32.5. The van der Waals surface area contributed by atoms with Crippen LogP contribution in [0.15, 0.2) is 152 Å². The number of carbonyl (C=O) groups excluding carboxylic acids is 1. The molecule has 2 amide bonds. The molecule has 298 valence electrons. The average molecular weight is 773 g/mol. The number of rotatable bonds is 19. The molecule has 0 radical (unpaired) electrons. The SMILES string of the molecule is CC(C(=O)N[C@@H](C)Cc1ccccc1)N(C(=O)O)[C@H]1C(OCc2ccccc2)O[C@H](COCc2ccccc2)[C@@H](OCc2ccccc2)[C@@H]1OCc1ccccc1. The minimum Gasteiger partial charge on any atom is -0.465 e. The van der Waals surface area contributed by atoms with Gasteiger partial charge in [-0.05, 0) is 48.1 Å². The quantitative estimate of drug-likeness (QED) is 0.0875. The summed E-state index contributed by atoms with van der Waals surface area (Å²) in [4.78, 5) is 28.7. The van der Waals surface area contributed by atoms with Crippen LogP contribution in [0.3, 0.4) is 0 Å². The van der Waals surface area contributed by atoms with Gasteiger partial charge >= 0.3 is 6.09 Å². The maximum atomic E-state index is 14.0. The highest BCUT2D eigenvalue weighted by atomic mass is 16.7. The van der Waals surface area contributed by atoms with Gasteiger partial charge in [0.05, 0.1) is 33.0 Å². The summed E-state index contributed by atoms with van der Waals surface area (Å²) >= 11 is 0. The van der Waals surface area contributed by atoms with E-state index in [1.54, 1.807) is 6.92 Å². The summed E-state index contributed by atoms with van der Waals surface area (Å²) < 4.78 is 33.1. The van der Waals surface area contributed by atoms with Crippen LogP contribution >= 0.6 is 0 Å². The van der Waals surface area contributed by atoms with E-state index >= 15 is 0 Å². The number of carbonyl (C=O) groups is 2. The molecule has 1 fully saturated rings. The number of carboxylic acid groups (broad SMARTS) is 1. The van der Waals surface area contributed by atoms with Crippen LogP contribution in [0.2, 0.25) is 0 Å². The Morgan fingerprint density at radius 2 is 1.04 bits per heavy atom. The fourth-order valence-corrected chi connectivity index (χ4v) is 7.06. The number of nitrogens with one attached hydrogen (secondary N) is 1. The minimum absolute atomic E-state index is 0.0948. The van der Waals surface area contributed by atoms with E-state index in [1.165, 1.54) is 0 Å². The van der Waals surface area contributed by atoms with Crippen molar-refractivity contribution < 1.29 is 38.4 Å². The molecule has 0 aromatic heterocycles. The van der Waals surface area contributed by atoms with Crippen molar-refractivity contribution in [3.63, 3.8) is 0 Å². The van der Waals surface area contributed by atoms with Crippen LogP contribution in [0.25, 0.3) is 0 Å². The molecule has 0 spiro atoms. The smallest absolute Gasteiger partial charge is 0.408 e. The van der Waals surface area contributed by atoms with Gasteiger partial charge in [0.2, 0.25) is 5.91 Å². The zero-order valence-corrected chi connectivity index (χ0v) is 32.5. The Kier molecular flexibility index (Phi) is 15.4. The van der Waals surface area contributed by atoms with Crippen molar-refractivity contribution in [3.8, 4) is 0 Å². The van der Waals surface area contributed by atoms with Crippen LogP contribution in [0, 0.1) is 0 Å². The number of ether oxygens (including phenoxy) is 5. The Hall–Kier alpha value is -5.36. The van der Waals surface area contributed by atoms with Crippen molar-refractivity contribution in [2.45, 2.75) is 89.4 Å². The lowest BCUT2D eigenvalue weighted by Crippen LogP contribution is -2.69. The summed E-state index contributed by atoms with van der Waals surface area (Å²) in [6, 6.07) is 46.0. The van der Waals surface area contributed by atoms with Gasteiger partial charge in [0.15, 0.2) is 6.29 Å². The van der Waals surface area contributed by atoms with E-state index in [0.717, 1.165) is 32.7 Å². The first-order valence-electron chi connectivity index (χ1n) is 19.4. The molecular weight excluding hydrogens is 721 g/mol. The molecule has 1 heterocycles. The van der Waals surface area contributed by atoms with Crippen molar-refractivity contribution in [2.75, 3.05) is 6.61 Å². The van der Waals surface area contributed by atoms with Crippen molar-refractivity contribution in [1.29, 1.82) is 0 Å². The van der Waals surface area contributed by atoms with E-state index in [0.29, 0.717) is 13.0 Å². The highest BCUT2D eigenvalue weighted by molar-refractivity contribution is 5.85. The molecule has 5 aromatic carbocycles. The van der Waals surface area contributed by atoms with Crippen LogP contribution in [-0.4, -0.2) is 71.3 Å². The van der Waals surface area contributed by atoms with Crippen molar-refractivity contribution in [3.05, 3.63) is 179 Å². The molecule has 1 aliphatic rings. The molecule has 0 saturated carbocycles. The van der Waals surface area contributed by atoms with E-state index < -0.39 is 48.7 Å². The van der Waals surface area contributed by atoms with E-state index in [9.17, 15) is 14.7 Å². The van der Waals surface area contributed by atoms with E-state index in [2.05, 4.69) is 5.32 Å². The number of benzene rings is 5. The van der Waals surface area contributed by atoms with Crippen LogP contribution in [0.1, 0.15) is 41.7 Å². The second-order valence-electron chi connectivity index (χ2n) is 14.3. The molecule has 5 aromatic rings. The lowest BCUT2D eigenvalue weighted by atomic mass is 9.93. The zero-order chi connectivity index (χ0) is 39.8. The van der Waals surface area contributed by atoms with Gasteiger partial charge in [-0.15, -0.1) is 0 Å².